The minimum Gasteiger partial charge on any atom is -0.489 e. The number of aryl methyl sites for hydroxylation is 3. The summed E-state index contributed by atoms with van der Waals surface area (Å²) in [5.74, 6) is 1.74. The van der Waals surface area contributed by atoms with Crippen molar-refractivity contribution in [3.05, 3.63) is 101 Å². The lowest BCUT2D eigenvalue weighted by atomic mass is 10.0. The van der Waals surface area contributed by atoms with Gasteiger partial charge in [0.25, 0.3) is 10.0 Å². The van der Waals surface area contributed by atoms with Crippen LogP contribution in [-0.4, -0.2) is 43.1 Å². The number of pyridine rings is 1. The first-order valence-corrected chi connectivity index (χ1v) is 16.0. The van der Waals surface area contributed by atoms with Gasteiger partial charge in [-0.1, -0.05) is 49.3 Å². The average molecular weight is 589 g/mol. The molecule has 1 aliphatic rings. The van der Waals surface area contributed by atoms with E-state index in [9.17, 15) is 8.42 Å². The molecule has 0 N–H and O–H groups in total. The van der Waals surface area contributed by atoms with Crippen LogP contribution >= 0.6 is 0 Å². The molecule has 3 heterocycles. The molecule has 1 saturated heterocycles. The van der Waals surface area contributed by atoms with Crippen molar-refractivity contribution in [1.29, 1.82) is 0 Å². The number of hydrogen-bond donors (Lipinski definition) is 0. The maximum Gasteiger partial charge on any atom is 0.264 e. The Hall–Kier alpha value is -3.69. The smallest absolute Gasteiger partial charge is 0.264 e. The highest BCUT2D eigenvalue weighted by Crippen LogP contribution is 2.32. The lowest BCUT2D eigenvalue weighted by Gasteiger charge is -2.28. The second-order valence-electron chi connectivity index (χ2n) is 11.5. The predicted molar refractivity (Wildman–Crippen MR) is 164 cm³/mol. The minimum atomic E-state index is -3.83. The van der Waals surface area contributed by atoms with Crippen LogP contribution in [0.15, 0.2) is 76.1 Å². The zero-order valence-corrected chi connectivity index (χ0v) is 25.9. The fourth-order valence-corrected chi connectivity index (χ4v) is 7.16. The van der Waals surface area contributed by atoms with Crippen molar-refractivity contribution in [2.75, 3.05) is 23.9 Å². The summed E-state index contributed by atoms with van der Waals surface area (Å²) in [6.45, 7) is 13.2. The predicted octanol–water partition coefficient (Wildman–Crippen LogP) is 6.41. The summed E-state index contributed by atoms with van der Waals surface area (Å²) in [4.78, 5) is 7.62. The minimum absolute atomic E-state index is 0.123. The molecule has 0 spiro atoms. The molecule has 2 aromatic heterocycles. The number of aromatic nitrogens is 2. The number of rotatable bonds is 11. The molecule has 0 radical (unpaired) electrons. The molecule has 4 aromatic rings. The third kappa shape index (κ3) is 6.68. The molecule has 1 aliphatic heterocycles. The Morgan fingerprint density at radius 2 is 1.74 bits per heavy atom. The number of nitrogens with zero attached hydrogens (tertiary/aromatic N) is 4. The van der Waals surface area contributed by atoms with Crippen molar-refractivity contribution >= 4 is 15.7 Å². The van der Waals surface area contributed by atoms with Gasteiger partial charge in [-0.2, -0.15) is 0 Å². The van der Waals surface area contributed by atoms with Gasteiger partial charge in [0, 0.05) is 31.2 Å². The molecule has 8 nitrogen and oxygen atoms in total. The Balaban J connectivity index is 1.31. The molecule has 5 rings (SSSR count). The van der Waals surface area contributed by atoms with Crippen LogP contribution in [0.2, 0.25) is 0 Å². The molecule has 0 aliphatic carbocycles. The summed E-state index contributed by atoms with van der Waals surface area (Å²) in [6, 6.07) is 21.0. The zero-order valence-electron chi connectivity index (χ0n) is 25.1. The highest BCUT2D eigenvalue weighted by Gasteiger charge is 2.29. The first-order valence-electron chi connectivity index (χ1n) is 14.5. The first-order chi connectivity index (χ1) is 20.1. The van der Waals surface area contributed by atoms with Crippen LogP contribution in [0.3, 0.4) is 0 Å². The monoisotopic (exact) mass is 588 g/mol. The molecule has 1 fully saturated rings. The van der Waals surface area contributed by atoms with Crippen LogP contribution in [0.25, 0.3) is 0 Å². The fourth-order valence-electron chi connectivity index (χ4n) is 5.48. The molecule has 0 saturated carbocycles. The van der Waals surface area contributed by atoms with E-state index in [2.05, 4.69) is 34.3 Å². The second-order valence-corrected chi connectivity index (χ2v) is 13.4. The molecular weight excluding hydrogens is 548 g/mol. The molecule has 42 heavy (non-hydrogen) atoms. The van der Waals surface area contributed by atoms with E-state index in [0.29, 0.717) is 36.3 Å². The summed E-state index contributed by atoms with van der Waals surface area (Å²) < 4.78 is 40.5. The Labute approximate surface area is 249 Å². The topological polar surface area (TPSA) is 88.8 Å². The van der Waals surface area contributed by atoms with Crippen LogP contribution < -0.4 is 9.04 Å². The van der Waals surface area contributed by atoms with Crippen molar-refractivity contribution in [1.82, 2.24) is 15.0 Å². The molecule has 9 heteroatoms. The van der Waals surface area contributed by atoms with Gasteiger partial charge in [0.2, 0.25) is 0 Å². The molecule has 0 bridgehead atoms. The van der Waals surface area contributed by atoms with Crippen molar-refractivity contribution in [2.45, 2.75) is 65.0 Å². The number of ether oxygens (including phenoxy) is 1. The number of anilines is 1. The third-order valence-corrected chi connectivity index (χ3v) is 9.59. The van der Waals surface area contributed by atoms with E-state index in [4.69, 9.17) is 14.2 Å². The van der Waals surface area contributed by atoms with Crippen molar-refractivity contribution in [3.63, 3.8) is 0 Å². The van der Waals surface area contributed by atoms with Gasteiger partial charge in [0.15, 0.2) is 0 Å². The normalized spacial score (nSPS) is 15.8. The van der Waals surface area contributed by atoms with Crippen LogP contribution in [-0.2, 0) is 23.2 Å². The Bertz CT molecular complexity index is 1580. The van der Waals surface area contributed by atoms with Gasteiger partial charge in [0.1, 0.15) is 18.1 Å². The van der Waals surface area contributed by atoms with Gasteiger partial charge in [-0.3, -0.25) is 14.2 Å². The largest absolute Gasteiger partial charge is 0.489 e. The van der Waals surface area contributed by atoms with Crippen molar-refractivity contribution in [3.8, 4) is 5.75 Å². The third-order valence-electron chi connectivity index (χ3n) is 7.79. The number of benzene rings is 2. The highest BCUT2D eigenvalue weighted by molar-refractivity contribution is 7.92. The van der Waals surface area contributed by atoms with E-state index < -0.39 is 10.0 Å². The first kappa shape index (κ1) is 29.8. The number of sulfonamides is 1. The maximum absolute atomic E-state index is 14.0. The maximum atomic E-state index is 14.0. The number of hydrogen-bond acceptors (Lipinski definition) is 7. The van der Waals surface area contributed by atoms with Crippen LogP contribution in [0.5, 0.6) is 5.75 Å². The zero-order chi connectivity index (χ0) is 29.9. The molecule has 1 unspecified atom stereocenters. The lowest BCUT2D eigenvalue weighted by Crippen LogP contribution is -2.35. The van der Waals surface area contributed by atoms with Gasteiger partial charge in [0.05, 0.1) is 27.5 Å². The summed E-state index contributed by atoms with van der Waals surface area (Å²) in [6.07, 6.45) is 1.04. The van der Waals surface area contributed by atoms with E-state index in [1.54, 1.807) is 24.3 Å². The van der Waals surface area contributed by atoms with E-state index >= 15 is 0 Å². The molecule has 1 atom stereocenters. The van der Waals surface area contributed by atoms with E-state index in [0.717, 1.165) is 48.7 Å². The molecule has 222 valence electrons. The Morgan fingerprint density at radius 3 is 2.38 bits per heavy atom. The van der Waals surface area contributed by atoms with Gasteiger partial charge in [-0.15, -0.1) is 0 Å². The van der Waals surface area contributed by atoms with Crippen LogP contribution in [0, 0.1) is 26.7 Å². The van der Waals surface area contributed by atoms with E-state index in [1.165, 1.54) is 9.87 Å². The van der Waals surface area contributed by atoms with Crippen molar-refractivity contribution < 1.29 is 17.7 Å². The second kappa shape index (κ2) is 12.7. The van der Waals surface area contributed by atoms with Gasteiger partial charge in [-0.05, 0) is 81.6 Å². The van der Waals surface area contributed by atoms with Crippen LogP contribution in [0.4, 0.5) is 5.69 Å². The Kier molecular flexibility index (Phi) is 8.99. The highest BCUT2D eigenvalue weighted by atomic mass is 32.2. The quantitative estimate of drug-likeness (QED) is 0.200. The van der Waals surface area contributed by atoms with Gasteiger partial charge in [-0.25, -0.2) is 8.42 Å². The average Bonchev–Trinajstić information content (AvgIpc) is 3.57. The molecular formula is C33H40N4O4S. The SMILES string of the molecule is Cc1nc(C2CCN(Cc3ccccc3)C2)ccc1N(CC(C)C)S(=O)(=O)c1ccc(OCc2c(C)noc2C)cc1. The molecule has 2 aromatic carbocycles. The van der Waals surface area contributed by atoms with E-state index in [-0.39, 0.29) is 10.8 Å². The standard InChI is InChI=1S/C33H40N4O4S/c1-23(2)19-37(42(38,39)30-13-11-29(12-14-30)40-22-31-24(3)35-41-26(31)5)33-16-15-32(34-25(33)4)28-17-18-36(21-28)20-27-9-7-6-8-10-27/h6-16,23,28H,17-22H2,1-5H3. The van der Waals surface area contributed by atoms with Crippen molar-refractivity contribution in [2.24, 2.45) is 5.92 Å². The molecule has 0 amide bonds. The van der Waals surface area contributed by atoms with E-state index in [1.807, 2.05) is 52.8 Å². The van der Waals surface area contributed by atoms with Gasteiger partial charge < -0.3 is 9.26 Å². The van der Waals surface area contributed by atoms with Gasteiger partial charge >= 0.3 is 0 Å². The number of likely N-dealkylation sites (tertiary alicyclic amines) is 1. The summed E-state index contributed by atoms with van der Waals surface area (Å²) in [7, 11) is -3.83. The lowest BCUT2D eigenvalue weighted by molar-refractivity contribution is 0.301. The summed E-state index contributed by atoms with van der Waals surface area (Å²) in [5, 5.41) is 3.95. The Morgan fingerprint density at radius 1 is 1.00 bits per heavy atom. The summed E-state index contributed by atoms with van der Waals surface area (Å²) >= 11 is 0. The fraction of sp³-hybridized carbons (Fsp3) is 0.394. The van der Waals surface area contributed by atoms with Crippen LogP contribution in [0.1, 0.15) is 60.2 Å². The summed E-state index contributed by atoms with van der Waals surface area (Å²) in [5.41, 5.74) is 5.34.